The van der Waals surface area contributed by atoms with E-state index in [0.29, 0.717) is 24.6 Å². The highest BCUT2D eigenvalue weighted by Gasteiger charge is 2.24. The largest absolute Gasteiger partial charge is 0.392 e. The SMILES string of the molecule is CN/C=C(/Nc1ncc2c(n1)NC(=O)N(Cc1ccccc1)C2)C(=N)Cl. The molecule has 2 aromatic rings. The van der Waals surface area contributed by atoms with Gasteiger partial charge in [0, 0.05) is 31.6 Å². The lowest BCUT2D eigenvalue weighted by molar-refractivity contribution is 0.203. The Morgan fingerprint density at radius 1 is 1.42 bits per heavy atom. The Balaban J connectivity index is 1.76. The van der Waals surface area contributed by atoms with Gasteiger partial charge in [0.25, 0.3) is 0 Å². The average molecular weight is 372 g/mol. The van der Waals surface area contributed by atoms with E-state index in [1.54, 1.807) is 18.1 Å². The summed E-state index contributed by atoms with van der Waals surface area (Å²) in [7, 11) is 1.69. The molecule has 134 valence electrons. The van der Waals surface area contributed by atoms with Crippen molar-refractivity contribution in [2.24, 2.45) is 0 Å². The van der Waals surface area contributed by atoms with Crippen molar-refractivity contribution in [1.82, 2.24) is 20.2 Å². The number of nitrogens with zero attached hydrogens (tertiary/aromatic N) is 3. The Bertz CT molecular complexity index is 853. The Morgan fingerprint density at radius 2 is 2.19 bits per heavy atom. The summed E-state index contributed by atoms with van der Waals surface area (Å²) in [5, 5.41) is 15.8. The van der Waals surface area contributed by atoms with Crippen molar-refractivity contribution in [2.75, 3.05) is 17.7 Å². The van der Waals surface area contributed by atoms with Crippen LogP contribution >= 0.6 is 11.6 Å². The van der Waals surface area contributed by atoms with Gasteiger partial charge in [-0.3, -0.25) is 10.7 Å². The molecule has 0 atom stereocenters. The van der Waals surface area contributed by atoms with E-state index in [-0.39, 0.29) is 17.2 Å². The number of rotatable bonds is 6. The number of benzene rings is 1. The monoisotopic (exact) mass is 371 g/mol. The number of carbonyl (C=O) groups is 1. The summed E-state index contributed by atoms with van der Waals surface area (Å²) in [5.74, 6) is 0.689. The first kappa shape index (κ1) is 17.7. The van der Waals surface area contributed by atoms with E-state index < -0.39 is 0 Å². The molecule has 26 heavy (non-hydrogen) atoms. The Hall–Kier alpha value is -3.13. The zero-order chi connectivity index (χ0) is 18.5. The molecule has 0 fully saturated rings. The van der Waals surface area contributed by atoms with Gasteiger partial charge in [0.2, 0.25) is 5.95 Å². The summed E-state index contributed by atoms with van der Waals surface area (Å²) in [4.78, 5) is 22.6. The van der Waals surface area contributed by atoms with Gasteiger partial charge in [0.15, 0.2) is 0 Å². The van der Waals surface area contributed by atoms with Crippen LogP contribution < -0.4 is 16.0 Å². The number of aromatic nitrogens is 2. The zero-order valence-electron chi connectivity index (χ0n) is 14.1. The maximum atomic E-state index is 12.4. The maximum Gasteiger partial charge on any atom is 0.323 e. The van der Waals surface area contributed by atoms with Crippen molar-refractivity contribution in [3.63, 3.8) is 0 Å². The standard InChI is InChI=1S/C17H18ClN7O/c1-20-8-13(14(18)19)22-16-21-7-12-10-25(17(26)24-15(12)23-16)9-11-5-3-2-4-6-11/h2-8,19-20H,9-10H2,1H3,(H2,21,22,23,24,26)/b13-8+,19-14?. The van der Waals surface area contributed by atoms with Gasteiger partial charge in [-0.1, -0.05) is 41.9 Å². The molecule has 1 aromatic carbocycles. The fourth-order valence-electron chi connectivity index (χ4n) is 2.50. The molecule has 2 heterocycles. The van der Waals surface area contributed by atoms with E-state index >= 15 is 0 Å². The van der Waals surface area contributed by atoms with Gasteiger partial charge in [0.05, 0.1) is 12.2 Å². The fraction of sp³-hybridized carbons (Fsp3) is 0.176. The van der Waals surface area contributed by atoms with Gasteiger partial charge < -0.3 is 15.5 Å². The summed E-state index contributed by atoms with van der Waals surface area (Å²) in [5.41, 5.74) is 2.18. The molecular formula is C17H18ClN7O. The number of urea groups is 1. The van der Waals surface area contributed by atoms with E-state index in [2.05, 4.69) is 25.9 Å². The van der Waals surface area contributed by atoms with Gasteiger partial charge >= 0.3 is 6.03 Å². The van der Waals surface area contributed by atoms with Gasteiger partial charge in [-0.2, -0.15) is 4.98 Å². The number of halogens is 1. The topological polar surface area (TPSA) is 106 Å². The van der Waals surface area contributed by atoms with Crippen molar-refractivity contribution in [1.29, 1.82) is 5.41 Å². The predicted octanol–water partition coefficient (Wildman–Crippen LogP) is 2.71. The normalized spacial score (nSPS) is 13.7. The summed E-state index contributed by atoms with van der Waals surface area (Å²) < 4.78 is 0. The molecule has 0 unspecified atom stereocenters. The van der Waals surface area contributed by atoms with Gasteiger partial charge in [-0.15, -0.1) is 0 Å². The second kappa shape index (κ2) is 7.83. The number of amides is 2. The minimum absolute atomic E-state index is 0.182. The van der Waals surface area contributed by atoms with Crippen LogP contribution in [0, 0.1) is 5.41 Å². The van der Waals surface area contributed by atoms with E-state index in [1.807, 2.05) is 30.3 Å². The highest BCUT2D eigenvalue weighted by molar-refractivity contribution is 6.68. The van der Waals surface area contributed by atoms with Gasteiger partial charge in [-0.25, -0.2) is 9.78 Å². The number of nitrogens with one attached hydrogen (secondary N) is 4. The molecule has 1 aromatic heterocycles. The Kier molecular flexibility index (Phi) is 5.33. The molecule has 0 saturated heterocycles. The molecule has 0 aliphatic carbocycles. The second-order valence-electron chi connectivity index (χ2n) is 5.62. The summed E-state index contributed by atoms with van der Waals surface area (Å²) in [6.45, 7) is 0.922. The highest BCUT2D eigenvalue weighted by Crippen LogP contribution is 2.23. The molecule has 9 heteroatoms. The van der Waals surface area contributed by atoms with Gasteiger partial charge in [-0.05, 0) is 5.56 Å². The number of carbonyl (C=O) groups excluding carboxylic acids is 1. The number of fused-ring (bicyclic) bond motifs is 1. The van der Waals surface area contributed by atoms with Crippen molar-refractivity contribution in [3.05, 3.63) is 59.6 Å². The van der Waals surface area contributed by atoms with Crippen molar-refractivity contribution >= 4 is 34.6 Å². The minimum Gasteiger partial charge on any atom is -0.392 e. The second-order valence-corrected chi connectivity index (χ2v) is 6.00. The van der Waals surface area contributed by atoms with Crippen molar-refractivity contribution in [3.8, 4) is 0 Å². The lowest BCUT2D eigenvalue weighted by Gasteiger charge is -2.28. The minimum atomic E-state index is -0.220. The smallest absolute Gasteiger partial charge is 0.323 e. The fourth-order valence-corrected chi connectivity index (χ4v) is 2.60. The lowest BCUT2D eigenvalue weighted by atomic mass is 10.2. The molecule has 4 N–H and O–H groups in total. The molecule has 1 aliphatic heterocycles. The van der Waals surface area contributed by atoms with Crippen LogP contribution in [0.4, 0.5) is 16.6 Å². The molecule has 0 radical (unpaired) electrons. The van der Waals surface area contributed by atoms with Crippen LogP contribution in [0.15, 0.2) is 48.4 Å². The summed E-state index contributed by atoms with van der Waals surface area (Å²) >= 11 is 5.72. The summed E-state index contributed by atoms with van der Waals surface area (Å²) in [6.07, 6.45) is 3.18. The molecule has 3 rings (SSSR count). The quantitative estimate of drug-likeness (QED) is 0.584. The molecule has 0 bridgehead atoms. The Labute approximate surface area is 155 Å². The van der Waals surface area contributed by atoms with E-state index in [0.717, 1.165) is 11.1 Å². The first-order valence-corrected chi connectivity index (χ1v) is 8.29. The third kappa shape index (κ3) is 4.09. The first-order chi connectivity index (χ1) is 12.6. The maximum absolute atomic E-state index is 12.4. The number of anilines is 2. The van der Waals surface area contributed by atoms with Crippen LogP contribution in [0.2, 0.25) is 0 Å². The number of allylic oxidation sites excluding steroid dienone is 1. The molecular weight excluding hydrogens is 354 g/mol. The van der Waals surface area contributed by atoms with E-state index in [9.17, 15) is 4.79 Å². The zero-order valence-corrected chi connectivity index (χ0v) is 14.8. The summed E-state index contributed by atoms with van der Waals surface area (Å²) in [6, 6.07) is 9.55. The van der Waals surface area contributed by atoms with Crippen LogP contribution in [0.3, 0.4) is 0 Å². The average Bonchev–Trinajstić information content (AvgIpc) is 2.63. The Morgan fingerprint density at radius 3 is 2.88 bits per heavy atom. The van der Waals surface area contributed by atoms with Gasteiger partial charge in [0.1, 0.15) is 11.0 Å². The lowest BCUT2D eigenvalue weighted by Crippen LogP contribution is -2.38. The van der Waals surface area contributed by atoms with Crippen LogP contribution in [-0.2, 0) is 13.1 Å². The predicted molar refractivity (Wildman–Crippen MR) is 101 cm³/mol. The number of hydrogen-bond acceptors (Lipinski definition) is 6. The molecule has 0 saturated carbocycles. The first-order valence-electron chi connectivity index (χ1n) is 7.91. The third-order valence-corrected chi connectivity index (χ3v) is 3.93. The van der Waals surface area contributed by atoms with Crippen LogP contribution in [-0.4, -0.2) is 33.1 Å². The third-order valence-electron chi connectivity index (χ3n) is 3.73. The van der Waals surface area contributed by atoms with E-state index in [1.165, 1.54) is 6.20 Å². The van der Waals surface area contributed by atoms with Crippen LogP contribution in [0.25, 0.3) is 0 Å². The highest BCUT2D eigenvalue weighted by atomic mass is 35.5. The van der Waals surface area contributed by atoms with Crippen LogP contribution in [0.1, 0.15) is 11.1 Å². The molecule has 1 aliphatic rings. The molecule has 8 nitrogen and oxygen atoms in total. The molecule has 0 spiro atoms. The van der Waals surface area contributed by atoms with Crippen molar-refractivity contribution < 1.29 is 4.79 Å². The van der Waals surface area contributed by atoms with E-state index in [4.69, 9.17) is 17.0 Å². The van der Waals surface area contributed by atoms with Crippen LogP contribution in [0.5, 0.6) is 0 Å². The van der Waals surface area contributed by atoms with Crippen molar-refractivity contribution in [2.45, 2.75) is 13.1 Å². The number of hydrogen-bond donors (Lipinski definition) is 4. The molecule has 2 amide bonds.